The van der Waals surface area contributed by atoms with Crippen LogP contribution in [0.15, 0.2) is 0 Å². The average molecular weight is 157 g/mol. The van der Waals surface area contributed by atoms with Gasteiger partial charge in [-0.1, -0.05) is 6.92 Å². The molecule has 65 valence electrons. The van der Waals surface area contributed by atoms with E-state index in [0.29, 0.717) is 0 Å². The van der Waals surface area contributed by atoms with Gasteiger partial charge in [-0.15, -0.1) is 0 Å². The fourth-order valence-electron chi connectivity index (χ4n) is 1.36. The molecule has 0 bridgehead atoms. The Kier molecular flexibility index (Phi) is 3.83. The number of hydrogen-bond donors (Lipinski definition) is 0. The molecule has 1 radical (unpaired) electrons. The van der Waals surface area contributed by atoms with Crippen LogP contribution in [0.25, 0.3) is 0 Å². The zero-order chi connectivity index (χ0) is 8.10. The van der Waals surface area contributed by atoms with Gasteiger partial charge in [0.2, 0.25) is 0 Å². The minimum absolute atomic E-state index is 1.01. The third kappa shape index (κ3) is 2.77. The highest BCUT2D eigenvalue weighted by molar-refractivity contribution is 4.67. The van der Waals surface area contributed by atoms with E-state index in [1.165, 1.54) is 0 Å². The van der Waals surface area contributed by atoms with Gasteiger partial charge in [-0.2, -0.15) is 5.06 Å². The van der Waals surface area contributed by atoms with Crippen LogP contribution in [-0.4, -0.2) is 49.8 Å². The Labute approximate surface area is 68.9 Å². The van der Waals surface area contributed by atoms with Gasteiger partial charge >= 0.3 is 0 Å². The predicted octanol–water partition coefficient (Wildman–Crippen LogP) is 0.390. The summed E-state index contributed by atoms with van der Waals surface area (Å²) in [4.78, 5) is 7.53. The number of piperazine rings is 1. The SMILES string of the molecule is [CH2]CCN1CCN(OC)CC1. The van der Waals surface area contributed by atoms with Gasteiger partial charge < -0.3 is 9.74 Å². The monoisotopic (exact) mass is 157 g/mol. The largest absolute Gasteiger partial charge is 0.302 e. The maximum Gasteiger partial charge on any atom is 0.0575 e. The lowest BCUT2D eigenvalue weighted by molar-refractivity contribution is -0.151. The first-order valence-electron chi connectivity index (χ1n) is 4.17. The zero-order valence-electron chi connectivity index (χ0n) is 7.25. The van der Waals surface area contributed by atoms with E-state index < -0.39 is 0 Å². The van der Waals surface area contributed by atoms with Crippen LogP contribution in [0.1, 0.15) is 6.42 Å². The molecule has 1 heterocycles. The molecule has 0 aromatic rings. The Hall–Kier alpha value is -0.120. The topological polar surface area (TPSA) is 15.7 Å². The van der Waals surface area contributed by atoms with Crippen LogP contribution in [0.3, 0.4) is 0 Å². The smallest absolute Gasteiger partial charge is 0.0575 e. The Morgan fingerprint density at radius 1 is 1.27 bits per heavy atom. The van der Waals surface area contributed by atoms with Gasteiger partial charge in [0.05, 0.1) is 7.11 Å². The number of nitrogens with zero attached hydrogens (tertiary/aromatic N) is 2. The zero-order valence-corrected chi connectivity index (χ0v) is 7.25. The summed E-state index contributed by atoms with van der Waals surface area (Å²) in [6.07, 6.45) is 1.01. The van der Waals surface area contributed by atoms with Crippen molar-refractivity contribution in [2.24, 2.45) is 0 Å². The van der Waals surface area contributed by atoms with E-state index in [4.69, 9.17) is 4.84 Å². The molecule has 0 aromatic heterocycles. The molecule has 0 N–H and O–H groups in total. The fraction of sp³-hybridized carbons (Fsp3) is 0.875. The Bertz CT molecular complexity index is 100. The quantitative estimate of drug-likeness (QED) is 0.589. The van der Waals surface area contributed by atoms with Crippen molar-refractivity contribution in [3.8, 4) is 0 Å². The van der Waals surface area contributed by atoms with Crippen molar-refractivity contribution < 1.29 is 4.84 Å². The molecule has 0 spiro atoms. The van der Waals surface area contributed by atoms with Crippen molar-refractivity contribution in [3.05, 3.63) is 6.92 Å². The highest BCUT2D eigenvalue weighted by Crippen LogP contribution is 2.01. The summed E-state index contributed by atoms with van der Waals surface area (Å²) < 4.78 is 0. The van der Waals surface area contributed by atoms with Gasteiger partial charge in [-0.25, -0.2) is 0 Å². The normalized spacial score (nSPS) is 22.4. The first-order chi connectivity index (χ1) is 5.36. The van der Waals surface area contributed by atoms with Crippen LogP contribution in [0.4, 0.5) is 0 Å². The van der Waals surface area contributed by atoms with Crippen LogP contribution in [-0.2, 0) is 4.84 Å². The molecular weight excluding hydrogens is 140 g/mol. The van der Waals surface area contributed by atoms with E-state index in [1.54, 1.807) is 7.11 Å². The highest BCUT2D eigenvalue weighted by Gasteiger charge is 2.14. The number of rotatable bonds is 3. The van der Waals surface area contributed by atoms with Crippen LogP contribution in [0, 0.1) is 6.92 Å². The molecule has 1 fully saturated rings. The molecule has 0 atom stereocenters. The number of hydroxylamine groups is 2. The van der Waals surface area contributed by atoms with Crippen molar-refractivity contribution in [1.82, 2.24) is 9.96 Å². The Morgan fingerprint density at radius 3 is 2.36 bits per heavy atom. The molecule has 0 amide bonds. The average Bonchev–Trinajstić information content (AvgIpc) is 2.07. The lowest BCUT2D eigenvalue weighted by Crippen LogP contribution is -2.45. The van der Waals surface area contributed by atoms with Crippen LogP contribution in [0.2, 0.25) is 0 Å². The molecule has 3 nitrogen and oxygen atoms in total. The van der Waals surface area contributed by atoms with E-state index in [-0.39, 0.29) is 0 Å². The lowest BCUT2D eigenvalue weighted by Gasteiger charge is -2.32. The summed E-state index contributed by atoms with van der Waals surface area (Å²) in [6, 6.07) is 0. The van der Waals surface area contributed by atoms with Gasteiger partial charge in [0.1, 0.15) is 0 Å². The van der Waals surface area contributed by atoms with E-state index in [9.17, 15) is 0 Å². The summed E-state index contributed by atoms with van der Waals surface area (Å²) in [5.41, 5.74) is 0. The minimum atomic E-state index is 1.01. The summed E-state index contributed by atoms with van der Waals surface area (Å²) in [7, 11) is 1.73. The second-order valence-electron chi connectivity index (χ2n) is 2.81. The highest BCUT2D eigenvalue weighted by atomic mass is 16.7. The lowest BCUT2D eigenvalue weighted by atomic mass is 10.3. The van der Waals surface area contributed by atoms with E-state index in [0.717, 1.165) is 39.1 Å². The summed E-state index contributed by atoms with van der Waals surface area (Å²) in [5.74, 6) is 0. The Morgan fingerprint density at radius 2 is 1.91 bits per heavy atom. The van der Waals surface area contributed by atoms with Crippen LogP contribution >= 0.6 is 0 Å². The van der Waals surface area contributed by atoms with Crippen LogP contribution in [0.5, 0.6) is 0 Å². The summed E-state index contributed by atoms with van der Waals surface area (Å²) in [6.45, 7) is 9.23. The van der Waals surface area contributed by atoms with E-state index in [1.807, 2.05) is 5.06 Å². The van der Waals surface area contributed by atoms with Crippen molar-refractivity contribution in [3.63, 3.8) is 0 Å². The third-order valence-corrected chi connectivity index (χ3v) is 2.06. The maximum atomic E-state index is 5.11. The molecule has 1 rings (SSSR count). The van der Waals surface area contributed by atoms with Gasteiger partial charge in [0.25, 0.3) is 0 Å². The second kappa shape index (κ2) is 4.70. The maximum absolute atomic E-state index is 5.11. The molecule has 0 aliphatic carbocycles. The molecule has 1 aliphatic rings. The van der Waals surface area contributed by atoms with Gasteiger partial charge in [-0.05, 0) is 13.0 Å². The van der Waals surface area contributed by atoms with Gasteiger partial charge in [-0.3, -0.25) is 0 Å². The van der Waals surface area contributed by atoms with E-state index in [2.05, 4.69) is 11.8 Å². The summed E-state index contributed by atoms with van der Waals surface area (Å²) >= 11 is 0. The van der Waals surface area contributed by atoms with Gasteiger partial charge in [0, 0.05) is 26.2 Å². The second-order valence-corrected chi connectivity index (χ2v) is 2.81. The molecule has 3 heteroatoms. The molecule has 0 unspecified atom stereocenters. The van der Waals surface area contributed by atoms with Crippen molar-refractivity contribution in [2.45, 2.75) is 6.42 Å². The third-order valence-electron chi connectivity index (χ3n) is 2.06. The van der Waals surface area contributed by atoms with E-state index >= 15 is 0 Å². The molecular formula is C8H17N2O. The standard InChI is InChI=1S/C8H17N2O/c1-3-4-9-5-7-10(11-2)8-6-9/h1,3-8H2,2H3. The first kappa shape index (κ1) is 8.97. The Balaban J connectivity index is 2.14. The first-order valence-corrected chi connectivity index (χ1v) is 4.17. The number of hydrogen-bond acceptors (Lipinski definition) is 3. The van der Waals surface area contributed by atoms with Crippen molar-refractivity contribution >= 4 is 0 Å². The molecule has 1 saturated heterocycles. The summed E-state index contributed by atoms with van der Waals surface area (Å²) in [5, 5.41) is 2.00. The molecule has 1 aliphatic heterocycles. The molecule has 0 saturated carbocycles. The molecule has 0 aromatic carbocycles. The molecule has 11 heavy (non-hydrogen) atoms. The minimum Gasteiger partial charge on any atom is -0.302 e. The van der Waals surface area contributed by atoms with Crippen molar-refractivity contribution in [2.75, 3.05) is 39.8 Å². The predicted molar refractivity (Wildman–Crippen MR) is 45.0 cm³/mol. The fourth-order valence-corrected chi connectivity index (χ4v) is 1.36. The van der Waals surface area contributed by atoms with Crippen LogP contribution < -0.4 is 0 Å². The van der Waals surface area contributed by atoms with Crippen molar-refractivity contribution in [1.29, 1.82) is 0 Å². The van der Waals surface area contributed by atoms with Gasteiger partial charge in [0.15, 0.2) is 0 Å².